The molecule has 0 rings (SSSR count). The van der Waals surface area contributed by atoms with E-state index in [-0.39, 0.29) is 0 Å². The molecule has 2 unspecified atom stereocenters. The smallest absolute Gasteiger partial charge is 0.323 e. The number of hydrogen-bond donors (Lipinski definition) is 2. The number of carbonyl (C=O) groups is 1. The summed E-state index contributed by atoms with van der Waals surface area (Å²) in [5.41, 5.74) is -0.755. The van der Waals surface area contributed by atoms with Crippen molar-refractivity contribution in [2.45, 2.75) is 65.0 Å². The Hall–Kier alpha value is -0.610. The molecule has 0 aliphatic carbocycles. The summed E-state index contributed by atoms with van der Waals surface area (Å²) in [4.78, 5) is 13.8. The van der Waals surface area contributed by atoms with Gasteiger partial charge in [-0.15, -0.1) is 0 Å². The van der Waals surface area contributed by atoms with Gasteiger partial charge < -0.3 is 15.3 Å². The highest BCUT2D eigenvalue weighted by molar-refractivity contribution is 5.78. The number of carboxylic acids is 1. The summed E-state index contributed by atoms with van der Waals surface area (Å²) in [6, 6.07) is 0.574. The molecule has 0 saturated heterocycles. The van der Waals surface area contributed by atoms with E-state index < -0.39 is 11.5 Å². The van der Waals surface area contributed by atoms with E-state index in [4.69, 9.17) is 0 Å². The van der Waals surface area contributed by atoms with Gasteiger partial charge in [-0.2, -0.15) is 0 Å². The lowest BCUT2D eigenvalue weighted by Gasteiger charge is -2.31. The molecule has 2 N–H and O–H groups in total. The van der Waals surface area contributed by atoms with Crippen molar-refractivity contribution in [2.24, 2.45) is 0 Å². The third-order valence-electron chi connectivity index (χ3n) is 4.16. The van der Waals surface area contributed by atoms with Crippen LogP contribution in [-0.2, 0) is 4.79 Å². The molecular formula is C14H30N2O2. The molecule has 0 fully saturated rings. The molecule has 4 nitrogen and oxygen atoms in total. The van der Waals surface area contributed by atoms with Crippen LogP contribution in [0, 0.1) is 0 Å². The van der Waals surface area contributed by atoms with E-state index in [1.807, 2.05) is 6.92 Å². The zero-order valence-electron chi connectivity index (χ0n) is 12.6. The number of hydrogen-bond acceptors (Lipinski definition) is 3. The maximum atomic E-state index is 11.3. The van der Waals surface area contributed by atoms with Crippen molar-refractivity contribution in [1.82, 2.24) is 10.2 Å². The largest absolute Gasteiger partial charge is 0.480 e. The predicted octanol–water partition coefficient (Wildman–Crippen LogP) is 2.34. The highest BCUT2D eigenvalue weighted by Gasteiger charge is 2.34. The normalized spacial score (nSPS) is 16.6. The average molecular weight is 258 g/mol. The molecule has 18 heavy (non-hydrogen) atoms. The van der Waals surface area contributed by atoms with Crippen molar-refractivity contribution in [3.8, 4) is 0 Å². The van der Waals surface area contributed by atoms with E-state index in [9.17, 15) is 9.90 Å². The van der Waals surface area contributed by atoms with Crippen LogP contribution < -0.4 is 5.32 Å². The average Bonchev–Trinajstić information content (AvgIpc) is 2.38. The first-order valence-electron chi connectivity index (χ1n) is 7.13. The number of aliphatic carboxylic acids is 1. The van der Waals surface area contributed by atoms with E-state index in [1.165, 1.54) is 0 Å². The Kier molecular flexibility index (Phi) is 8.20. The van der Waals surface area contributed by atoms with Crippen molar-refractivity contribution in [3.63, 3.8) is 0 Å². The molecule has 0 heterocycles. The Bertz CT molecular complexity index is 240. The van der Waals surface area contributed by atoms with Crippen LogP contribution in [0.1, 0.15) is 53.4 Å². The van der Waals surface area contributed by atoms with Gasteiger partial charge in [-0.1, -0.05) is 20.8 Å². The number of nitrogens with one attached hydrogen (secondary N) is 1. The molecule has 0 saturated carbocycles. The summed E-state index contributed by atoms with van der Waals surface area (Å²) < 4.78 is 0. The Morgan fingerprint density at radius 2 is 2.00 bits per heavy atom. The van der Waals surface area contributed by atoms with Crippen LogP contribution in [0.2, 0.25) is 0 Å². The summed E-state index contributed by atoms with van der Waals surface area (Å²) in [7, 11) is 1.74. The van der Waals surface area contributed by atoms with Crippen molar-refractivity contribution in [2.75, 3.05) is 20.1 Å². The van der Waals surface area contributed by atoms with Gasteiger partial charge in [0.1, 0.15) is 5.54 Å². The van der Waals surface area contributed by atoms with E-state index >= 15 is 0 Å². The van der Waals surface area contributed by atoms with Crippen molar-refractivity contribution >= 4 is 5.97 Å². The maximum Gasteiger partial charge on any atom is 0.323 e. The van der Waals surface area contributed by atoms with Gasteiger partial charge in [-0.05, 0) is 52.7 Å². The van der Waals surface area contributed by atoms with E-state index in [0.717, 1.165) is 25.9 Å². The van der Waals surface area contributed by atoms with Crippen molar-refractivity contribution in [3.05, 3.63) is 0 Å². The van der Waals surface area contributed by atoms with Gasteiger partial charge in [0.05, 0.1) is 0 Å². The minimum Gasteiger partial charge on any atom is -0.480 e. The summed E-state index contributed by atoms with van der Waals surface area (Å²) in [5.74, 6) is -0.737. The molecule has 0 aromatic heterocycles. The van der Waals surface area contributed by atoms with Crippen molar-refractivity contribution in [1.29, 1.82) is 0 Å². The minimum atomic E-state index is -0.755. The highest BCUT2D eigenvalue weighted by atomic mass is 16.4. The number of likely N-dealkylation sites (N-methyl/N-ethyl adjacent to an activating group) is 1. The zero-order chi connectivity index (χ0) is 14.2. The molecule has 0 aromatic rings. The van der Waals surface area contributed by atoms with E-state index in [2.05, 4.69) is 31.0 Å². The van der Waals surface area contributed by atoms with Gasteiger partial charge in [0, 0.05) is 6.04 Å². The maximum absolute atomic E-state index is 11.3. The summed E-state index contributed by atoms with van der Waals surface area (Å²) >= 11 is 0. The highest BCUT2D eigenvalue weighted by Crippen LogP contribution is 2.18. The third kappa shape index (κ3) is 4.58. The van der Waals surface area contributed by atoms with Crippen LogP contribution in [0.4, 0.5) is 0 Å². The second-order valence-corrected chi connectivity index (χ2v) is 4.98. The number of nitrogens with zero attached hydrogens (tertiary/aromatic N) is 1. The van der Waals surface area contributed by atoms with E-state index in [0.29, 0.717) is 18.9 Å². The Balaban J connectivity index is 4.33. The monoisotopic (exact) mass is 258 g/mol. The quantitative estimate of drug-likeness (QED) is 0.631. The van der Waals surface area contributed by atoms with Crippen LogP contribution in [0.3, 0.4) is 0 Å². The molecule has 0 aliphatic heterocycles. The van der Waals surface area contributed by atoms with Crippen LogP contribution in [-0.4, -0.2) is 47.7 Å². The molecule has 4 heteroatoms. The SMILES string of the molecule is CCC(C)N(CC)CCCC(CC)(NC)C(=O)O. The topological polar surface area (TPSA) is 52.6 Å². The first-order valence-corrected chi connectivity index (χ1v) is 7.13. The van der Waals surface area contributed by atoms with Crippen LogP contribution in [0.5, 0.6) is 0 Å². The van der Waals surface area contributed by atoms with Crippen molar-refractivity contribution < 1.29 is 9.90 Å². The Morgan fingerprint density at radius 1 is 1.39 bits per heavy atom. The van der Waals surface area contributed by atoms with Gasteiger partial charge in [0.25, 0.3) is 0 Å². The molecule has 0 aromatic carbocycles. The molecule has 0 radical (unpaired) electrons. The number of rotatable bonds is 10. The molecule has 108 valence electrons. The lowest BCUT2D eigenvalue weighted by atomic mass is 9.90. The van der Waals surface area contributed by atoms with Gasteiger partial charge in [0.15, 0.2) is 0 Å². The molecule has 0 bridgehead atoms. The van der Waals surface area contributed by atoms with Gasteiger partial charge in [-0.25, -0.2) is 0 Å². The molecule has 2 atom stereocenters. The molecule has 0 spiro atoms. The first kappa shape index (κ1) is 17.4. The van der Waals surface area contributed by atoms with Crippen LogP contribution >= 0.6 is 0 Å². The zero-order valence-corrected chi connectivity index (χ0v) is 12.6. The summed E-state index contributed by atoms with van der Waals surface area (Å²) in [6.07, 6.45) is 3.35. The van der Waals surface area contributed by atoms with Gasteiger partial charge >= 0.3 is 5.97 Å². The Morgan fingerprint density at radius 3 is 2.33 bits per heavy atom. The van der Waals surface area contributed by atoms with Gasteiger partial charge in [0.2, 0.25) is 0 Å². The Labute approximate surface area is 112 Å². The third-order valence-corrected chi connectivity index (χ3v) is 4.16. The van der Waals surface area contributed by atoms with E-state index in [1.54, 1.807) is 7.05 Å². The first-order chi connectivity index (χ1) is 8.47. The second kappa shape index (κ2) is 8.48. The van der Waals surface area contributed by atoms with Gasteiger partial charge in [-0.3, -0.25) is 4.79 Å². The lowest BCUT2D eigenvalue weighted by Crippen LogP contribution is -2.50. The molecule has 0 aliphatic rings. The molecule has 0 amide bonds. The van der Waals surface area contributed by atoms with Crippen LogP contribution in [0.15, 0.2) is 0 Å². The van der Waals surface area contributed by atoms with Crippen LogP contribution in [0.25, 0.3) is 0 Å². The lowest BCUT2D eigenvalue weighted by molar-refractivity contribution is -0.145. The summed E-state index contributed by atoms with van der Waals surface area (Å²) in [5, 5.41) is 12.3. The number of carboxylic acid groups (broad SMARTS) is 1. The fourth-order valence-electron chi connectivity index (χ4n) is 2.38. The standard InChI is InChI=1S/C14H30N2O2/c1-6-12(4)16(8-3)11-9-10-14(7-2,15-5)13(17)18/h12,15H,6-11H2,1-5H3,(H,17,18). The summed E-state index contributed by atoms with van der Waals surface area (Å²) in [6.45, 7) is 10.5. The predicted molar refractivity (Wildman–Crippen MR) is 76.0 cm³/mol. The fraction of sp³-hybridized carbons (Fsp3) is 0.929. The fourth-order valence-corrected chi connectivity index (χ4v) is 2.38. The molecular weight excluding hydrogens is 228 g/mol. The minimum absolute atomic E-state index is 0.574. The second-order valence-electron chi connectivity index (χ2n) is 4.98.